The smallest absolute Gasteiger partial charge is 0.258 e. The molecule has 1 N–H and O–H groups in total. The van der Waals surface area contributed by atoms with Gasteiger partial charge < -0.3 is 0 Å². The molecule has 0 unspecified atom stereocenters. The van der Waals surface area contributed by atoms with E-state index in [0.29, 0.717) is 12.3 Å². The Morgan fingerprint density at radius 1 is 1.44 bits per heavy atom. The predicted molar refractivity (Wildman–Crippen MR) is 68.4 cm³/mol. The number of halogens is 1. The molecule has 0 amide bonds. The topological polar surface area (TPSA) is 89.3 Å². The second kappa shape index (κ2) is 6.12. The van der Waals surface area contributed by atoms with Crippen LogP contribution in [-0.4, -0.2) is 25.8 Å². The minimum atomic E-state index is -3.73. The molecule has 1 aromatic rings. The summed E-state index contributed by atoms with van der Waals surface area (Å²) >= 11 is 5.45. The number of rotatable bonds is 6. The number of nitrogens with one attached hydrogen (secondary N) is 1. The van der Waals surface area contributed by atoms with E-state index in [1.165, 1.54) is 25.1 Å². The molecule has 1 rings (SSSR count). The molecule has 0 aliphatic rings. The molecule has 0 bridgehead atoms. The summed E-state index contributed by atoms with van der Waals surface area (Å²) in [5, 5.41) is 10.7. The number of hydrogen-bond donors (Lipinski definition) is 1. The minimum Gasteiger partial charge on any atom is -0.258 e. The van der Waals surface area contributed by atoms with Gasteiger partial charge in [0.05, 0.1) is 9.82 Å². The van der Waals surface area contributed by atoms with Crippen LogP contribution >= 0.6 is 11.6 Å². The van der Waals surface area contributed by atoms with Gasteiger partial charge in [-0.3, -0.25) is 10.1 Å². The van der Waals surface area contributed by atoms with Crippen molar-refractivity contribution in [2.75, 3.05) is 12.4 Å². The van der Waals surface area contributed by atoms with Gasteiger partial charge in [0.25, 0.3) is 5.69 Å². The molecule has 6 nitrogen and oxygen atoms in total. The highest BCUT2D eigenvalue weighted by molar-refractivity contribution is 7.89. The Balaban J connectivity index is 3.09. The van der Waals surface area contributed by atoms with Crippen LogP contribution in [0.3, 0.4) is 0 Å². The van der Waals surface area contributed by atoms with Gasteiger partial charge in [0.1, 0.15) is 0 Å². The maximum absolute atomic E-state index is 11.9. The Bertz CT molecular complexity index is 545. The lowest BCUT2D eigenvalue weighted by atomic mass is 10.2. The number of nitrogens with zero attached hydrogens (tertiary/aromatic N) is 1. The zero-order chi connectivity index (χ0) is 13.8. The third kappa shape index (κ3) is 3.41. The predicted octanol–water partition coefficient (Wildman–Crippen LogP) is 1.81. The van der Waals surface area contributed by atoms with Crippen molar-refractivity contribution in [2.24, 2.45) is 0 Å². The van der Waals surface area contributed by atoms with Gasteiger partial charge in [0.2, 0.25) is 10.0 Å². The summed E-state index contributed by atoms with van der Waals surface area (Å²) in [7, 11) is -3.73. The van der Waals surface area contributed by atoms with Crippen LogP contribution in [0.4, 0.5) is 5.69 Å². The van der Waals surface area contributed by atoms with Crippen LogP contribution in [0.15, 0.2) is 23.1 Å². The third-order valence-corrected chi connectivity index (χ3v) is 4.22. The average molecular weight is 293 g/mol. The van der Waals surface area contributed by atoms with Gasteiger partial charge in [-0.15, -0.1) is 11.6 Å². The normalized spacial score (nSPS) is 11.4. The summed E-state index contributed by atoms with van der Waals surface area (Å²) < 4.78 is 26.2. The van der Waals surface area contributed by atoms with E-state index in [9.17, 15) is 18.5 Å². The van der Waals surface area contributed by atoms with Gasteiger partial charge in [-0.2, -0.15) is 0 Å². The Hall–Kier alpha value is -1.18. The highest BCUT2D eigenvalue weighted by Crippen LogP contribution is 2.24. The van der Waals surface area contributed by atoms with Crippen LogP contribution in [0.25, 0.3) is 0 Å². The van der Waals surface area contributed by atoms with Gasteiger partial charge >= 0.3 is 0 Å². The van der Waals surface area contributed by atoms with E-state index in [-0.39, 0.29) is 22.7 Å². The number of nitro benzene ring substituents is 1. The van der Waals surface area contributed by atoms with E-state index in [1.54, 1.807) is 0 Å². The van der Waals surface area contributed by atoms with E-state index in [2.05, 4.69) is 4.72 Å². The first-order valence-corrected chi connectivity index (χ1v) is 7.21. The van der Waals surface area contributed by atoms with Gasteiger partial charge in [-0.25, -0.2) is 13.1 Å². The molecule has 0 heterocycles. The second-order valence-electron chi connectivity index (χ2n) is 3.60. The Morgan fingerprint density at radius 2 is 2.11 bits per heavy atom. The standard InChI is InChI=1S/C10H13ClN2O4S/c1-8-9(13(14)15)4-2-5-10(8)18(16,17)12-7-3-6-11/h2,4-5,12H,3,6-7H2,1H3. The fourth-order valence-corrected chi connectivity index (χ4v) is 2.91. The molecule has 0 saturated heterocycles. The van der Waals surface area contributed by atoms with Crippen molar-refractivity contribution in [3.8, 4) is 0 Å². The Morgan fingerprint density at radius 3 is 2.67 bits per heavy atom. The molecular weight excluding hydrogens is 280 g/mol. The lowest BCUT2D eigenvalue weighted by molar-refractivity contribution is -0.385. The highest BCUT2D eigenvalue weighted by atomic mass is 35.5. The molecular formula is C10H13ClN2O4S. The van der Waals surface area contributed by atoms with Crippen LogP contribution in [-0.2, 0) is 10.0 Å². The molecule has 0 saturated carbocycles. The van der Waals surface area contributed by atoms with E-state index < -0.39 is 14.9 Å². The zero-order valence-electron chi connectivity index (χ0n) is 9.72. The molecule has 0 atom stereocenters. The second-order valence-corrected chi connectivity index (χ2v) is 5.71. The number of hydrogen-bond acceptors (Lipinski definition) is 4. The lowest BCUT2D eigenvalue weighted by Gasteiger charge is -2.08. The number of alkyl halides is 1. The van der Waals surface area contributed by atoms with Crippen LogP contribution in [0, 0.1) is 17.0 Å². The van der Waals surface area contributed by atoms with Crippen LogP contribution in [0.2, 0.25) is 0 Å². The van der Waals surface area contributed by atoms with Crippen LogP contribution in [0.1, 0.15) is 12.0 Å². The summed E-state index contributed by atoms with van der Waals surface area (Å²) in [6.07, 6.45) is 0.495. The van der Waals surface area contributed by atoms with Crippen LogP contribution < -0.4 is 4.72 Å². The SMILES string of the molecule is Cc1c([N+](=O)[O-])cccc1S(=O)(=O)NCCCCl. The third-order valence-electron chi connectivity index (χ3n) is 2.34. The molecule has 0 radical (unpaired) electrons. The van der Waals surface area contributed by atoms with Crippen LogP contribution in [0.5, 0.6) is 0 Å². The number of sulfonamides is 1. The number of benzene rings is 1. The zero-order valence-corrected chi connectivity index (χ0v) is 11.3. The van der Waals surface area contributed by atoms with Crippen molar-refractivity contribution in [1.82, 2.24) is 4.72 Å². The molecule has 18 heavy (non-hydrogen) atoms. The molecule has 0 fully saturated rings. The summed E-state index contributed by atoms with van der Waals surface area (Å²) in [6, 6.07) is 3.96. The average Bonchev–Trinajstić information content (AvgIpc) is 2.28. The maximum Gasteiger partial charge on any atom is 0.273 e. The van der Waals surface area contributed by atoms with Gasteiger partial charge in [0, 0.05) is 24.1 Å². The van der Waals surface area contributed by atoms with Crippen molar-refractivity contribution in [3.05, 3.63) is 33.9 Å². The fourth-order valence-electron chi connectivity index (χ4n) is 1.44. The van der Waals surface area contributed by atoms with E-state index in [0.717, 1.165) is 0 Å². The lowest BCUT2D eigenvalue weighted by Crippen LogP contribution is -2.25. The van der Waals surface area contributed by atoms with E-state index in [4.69, 9.17) is 11.6 Å². The highest BCUT2D eigenvalue weighted by Gasteiger charge is 2.22. The first-order valence-electron chi connectivity index (χ1n) is 5.20. The molecule has 0 aliphatic carbocycles. The first-order chi connectivity index (χ1) is 8.40. The summed E-state index contributed by atoms with van der Waals surface area (Å²) in [6.45, 7) is 1.61. The van der Waals surface area contributed by atoms with Crippen molar-refractivity contribution in [1.29, 1.82) is 0 Å². The summed E-state index contributed by atoms with van der Waals surface area (Å²) in [4.78, 5) is 10.1. The summed E-state index contributed by atoms with van der Waals surface area (Å²) in [5.74, 6) is 0.344. The Labute approximate surface area is 110 Å². The maximum atomic E-state index is 11.9. The summed E-state index contributed by atoms with van der Waals surface area (Å²) in [5.41, 5.74) is -0.0870. The van der Waals surface area contributed by atoms with Crippen molar-refractivity contribution >= 4 is 27.3 Å². The largest absolute Gasteiger partial charge is 0.273 e. The van der Waals surface area contributed by atoms with Gasteiger partial charge in [-0.1, -0.05) is 6.07 Å². The van der Waals surface area contributed by atoms with E-state index in [1.807, 2.05) is 0 Å². The van der Waals surface area contributed by atoms with Gasteiger partial charge in [-0.05, 0) is 19.4 Å². The minimum absolute atomic E-state index is 0.0775. The molecule has 0 aliphatic heterocycles. The molecule has 100 valence electrons. The molecule has 0 aromatic heterocycles. The van der Waals surface area contributed by atoms with E-state index >= 15 is 0 Å². The fraction of sp³-hybridized carbons (Fsp3) is 0.400. The molecule has 0 spiro atoms. The van der Waals surface area contributed by atoms with Gasteiger partial charge in [0.15, 0.2) is 0 Å². The first kappa shape index (κ1) is 14.9. The van der Waals surface area contributed by atoms with Crippen molar-refractivity contribution < 1.29 is 13.3 Å². The number of nitro groups is 1. The Kier molecular flexibility index (Phi) is 5.06. The molecule has 8 heteroatoms. The van der Waals surface area contributed by atoms with Crippen molar-refractivity contribution in [3.63, 3.8) is 0 Å². The quantitative estimate of drug-likeness (QED) is 0.375. The van der Waals surface area contributed by atoms with Crippen molar-refractivity contribution in [2.45, 2.75) is 18.2 Å². The molecule has 1 aromatic carbocycles. The monoisotopic (exact) mass is 292 g/mol.